The molecule has 2 aromatic heterocycles. The van der Waals surface area contributed by atoms with Crippen LogP contribution in [0.1, 0.15) is 132 Å². The van der Waals surface area contributed by atoms with Crippen molar-refractivity contribution in [3.8, 4) is 5.75 Å². The number of nitrogens with zero attached hydrogens (tertiary/aromatic N) is 2. The Labute approximate surface area is 352 Å². The number of carbonyl (C=O) groups is 3. The van der Waals surface area contributed by atoms with Crippen molar-refractivity contribution in [3.05, 3.63) is 122 Å². The molecule has 0 bridgehead atoms. The van der Waals surface area contributed by atoms with E-state index in [9.17, 15) is 23.9 Å². The van der Waals surface area contributed by atoms with Crippen molar-refractivity contribution < 1.29 is 28.6 Å². The van der Waals surface area contributed by atoms with E-state index in [1.54, 1.807) is 54.4 Å². The number of unbranched alkanes of at least 4 members (excludes halogenated alkanes) is 1. The molecule has 2 aliphatic rings. The lowest BCUT2D eigenvalue weighted by molar-refractivity contribution is 0.000474. The van der Waals surface area contributed by atoms with E-state index in [-0.39, 0.29) is 23.3 Å². The topological polar surface area (TPSA) is 121 Å². The van der Waals surface area contributed by atoms with Crippen molar-refractivity contribution >= 4 is 46.0 Å². The van der Waals surface area contributed by atoms with Gasteiger partial charge in [0.2, 0.25) is 0 Å². The Kier molecular flexibility index (Phi) is 15.8. The molecule has 3 amide bonds. The summed E-state index contributed by atoms with van der Waals surface area (Å²) < 4.78 is 19.7. The summed E-state index contributed by atoms with van der Waals surface area (Å²) in [6, 6.07) is 14.2. The smallest absolute Gasteiger partial charge is 0.265 e. The Morgan fingerprint density at radius 3 is 2.41 bits per heavy atom. The zero-order valence-electron chi connectivity index (χ0n) is 35.5. The van der Waals surface area contributed by atoms with Gasteiger partial charge in [0.25, 0.3) is 17.7 Å². The molecule has 0 saturated carbocycles. The Hall–Kier alpha value is -5.13. The number of amides is 3. The predicted octanol–water partition coefficient (Wildman–Crippen LogP) is 11.5. The number of fused-ring (bicyclic) bond motifs is 1. The van der Waals surface area contributed by atoms with Crippen LogP contribution in [0.15, 0.2) is 78.6 Å². The molecule has 9 nitrogen and oxygen atoms in total. The van der Waals surface area contributed by atoms with Gasteiger partial charge in [-0.25, -0.2) is 4.39 Å². The van der Waals surface area contributed by atoms with Gasteiger partial charge in [0.15, 0.2) is 5.82 Å². The minimum atomic E-state index is -0.728. The predicted molar refractivity (Wildman–Crippen MR) is 237 cm³/mol. The number of hydrogen-bond acceptors (Lipinski definition) is 7. The second kappa shape index (κ2) is 20.7. The first-order valence-electron chi connectivity index (χ1n) is 20.8. The summed E-state index contributed by atoms with van der Waals surface area (Å²) in [6.45, 7) is 17.0. The first-order valence-corrected chi connectivity index (χ1v) is 21.6. The van der Waals surface area contributed by atoms with Gasteiger partial charge in [0.05, 0.1) is 10.4 Å². The number of aryl methyl sites for hydroxylation is 2. The molecule has 0 aliphatic carbocycles. The lowest BCUT2D eigenvalue weighted by atomic mass is 9.71. The van der Waals surface area contributed by atoms with E-state index in [1.807, 2.05) is 26.0 Å². The van der Waals surface area contributed by atoms with Gasteiger partial charge in [-0.05, 0) is 136 Å². The second-order valence-corrected chi connectivity index (χ2v) is 16.9. The van der Waals surface area contributed by atoms with Crippen LogP contribution < -0.4 is 10.6 Å². The van der Waals surface area contributed by atoms with Crippen LogP contribution in [-0.2, 0) is 11.2 Å². The monoisotopic (exact) mass is 822 g/mol. The number of hydrogen-bond donors (Lipinski definition) is 3. The average molecular weight is 823 g/mol. The molecule has 2 aromatic carbocycles. The summed E-state index contributed by atoms with van der Waals surface area (Å²) in [4.78, 5) is 47.1. The number of phenolic OH excluding ortho intramolecular Hbond substituents is 1. The Morgan fingerprint density at radius 2 is 1.75 bits per heavy atom. The minimum Gasteiger partial charge on any atom is -0.506 e. The van der Waals surface area contributed by atoms with E-state index in [0.717, 1.165) is 59.2 Å². The van der Waals surface area contributed by atoms with Crippen LogP contribution in [0.4, 0.5) is 15.8 Å². The third-order valence-electron chi connectivity index (χ3n) is 11.5. The summed E-state index contributed by atoms with van der Waals surface area (Å²) in [6.07, 6.45) is 14.6. The van der Waals surface area contributed by atoms with Crippen molar-refractivity contribution in [2.24, 2.45) is 11.3 Å². The summed E-state index contributed by atoms with van der Waals surface area (Å²) in [7, 11) is 0. The molecule has 1 saturated heterocycles. The molecule has 4 heterocycles. The van der Waals surface area contributed by atoms with Crippen molar-refractivity contribution in [2.75, 3.05) is 30.4 Å². The molecule has 2 aliphatic heterocycles. The lowest BCUT2D eigenvalue weighted by Gasteiger charge is -2.38. The number of allylic oxidation sites excluding steroid dienone is 3. The molecule has 11 heteroatoms. The minimum absolute atomic E-state index is 0.185. The standard InChI is InChI=1S/C36H35FN4O4S.C12H24O/c1-5-6-7-10-29-22(3)33-25(19-31(46-33)35(44)40-32-28(37)9-8-11-30(32)42)16-17-41(29)36(45)24-12-14-26(15-13-24)39-34(43)27-18-21(2)20-38-23(27)4;1-4-11(3)10-12(5-2)6-8-13-9-7-12/h7-15,18-20,42H,5-6,16-17H2,1-4H3,(H,39,43)(H,40,44);11H,4-10H2,1-3H3/b10-7-;. The maximum atomic E-state index is 14.3. The number of phenols is 1. The molecule has 59 heavy (non-hydrogen) atoms. The Bertz CT molecular complexity index is 2150. The zero-order chi connectivity index (χ0) is 42.7. The molecule has 4 aromatic rings. The highest BCUT2D eigenvalue weighted by Crippen LogP contribution is 2.41. The number of anilines is 2. The van der Waals surface area contributed by atoms with Crippen LogP contribution in [0.5, 0.6) is 5.75 Å². The third-order valence-corrected chi connectivity index (χ3v) is 12.8. The van der Waals surface area contributed by atoms with Gasteiger partial charge in [-0.15, -0.1) is 11.3 Å². The highest BCUT2D eigenvalue weighted by molar-refractivity contribution is 7.15. The normalized spacial score (nSPS) is 15.5. The van der Waals surface area contributed by atoms with E-state index in [2.05, 4.69) is 43.3 Å². The number of aromatic hydroxyl groups is 1. The summed E-state index contributed by atoms with van der Waals surface area (Å²) in [5.74, 6) is -1.17. The quantitative estimate of drug-likeness (QED) is 0.122. The van der Waals surface area contributed by atoms with Gasteiger partial charge in [0, 0.05) is 53.5 Å². The molecular formula is C48H59FN4O5S. The van der Waals surface area contributed by atoms with Crippen LogP contribution in [0.25, 0.3) is 5.57 Å². The first-order chi connectivity index (χ1) is 28.3. The number of benzene rings is 2. The molecule has 314 valence electrons. The number of carbonyl (C=O) groups excluding carboxylic acids is 3. The second-order valence-electron chi connectivity index (χ2n) is 15.8. The van der Waals surface area contributed by atoms with Gasteiger partial charge < -0.3 is 25.4 Å². The first kappa shape index (κ1) is 45.0. The van der Waals surface area contributed by atoms with Crippen molar-refractivity contribution in [2.45, 2.75) is 99.8 Å². The number of aromatic nitrogens is 1. The van der Waals surface area contributed by atoms with Crippen molar-refractivity contribution in [1.82, 2.24) is 9.88 Å². The molecule has 1 atom stereocenters. The van der Waals surface area contributed by atoms with Crippen molar-refractivity contribution in [1.29, 1.82) is 0 Å². The molecule has 3 N–H and O–H groups in total. The fourth-order valence-electron chi connectivity index (χ4n) is 7.62. The van der Waals surface area contributed by atoms with E-state index in [1.165, 1.54) is 61.6 Å². The number of para-hydroxylation sites is 1. The van der Waals surface area contributed by atoms with Crippen molar-refractivity contribution in [3.63, 3.8) is 0 Å². The lowest BCUT2D eigenvalue weighted by Crippen LogP contribution is -2.31. The highest BCUT2D eigenvalue weighted by atomic mass is 32.1. The van der Waals surface area contributed by atoms with E-state index in [0.29, 0.717) is 45.8 Å². The fraction of sp³-hybridized carbons (Fsp3) is 0.417. The fourth-order valence-corrected chi connectivity index (χ4v) is 8.74. The SMILES string of the molecule is CCC(C)CC1(CC)CCOCC1.CCC/C=C\C1=C(C)c2sc(C(=O)Nc3c(O)cccc3F)cc2CCN1C(=O)c1ccc(NC(=O)c2cc(C)cnc2C)cc1. The Balaban J connectivity index is 0.000000434. The van der Waals surface area contributed by atoms with Gasteiger partial charge in [-0.3, -0.25) is 19.4 Å². The molecule has 0 spiro atoms. The average Bonchev–Trinajstić information content (AvgIpc) is 3.62. The molecule has 6 rings (SSSR count). The summed E-state index contributed by atoms with van der Waals surface area (Å²) in [5, 5.41) is 15.4. The number of thiophene rings is 1. The van der Waals surface area contributed by atoms with Crippen LogP contribution in [0, 0.1) is 31.0 Å². The number of halogens is 1. The molecule has 1 unspecified atom stereocenters. The van der Waals surface area contributed by atoms with Gasteiger partial charge >= 0.3 is 0 Å². The highest BCUT2D eigenvalue weighted by Gasteiger charge is 2.32. The van der Waals surface area contributed by atoms with Gasteiger partial charge in [-0.2, -0.15) is 0 Å². The number of nitrogens with one attached hydrogen (secondary N) is 2. The maximum absolute atomic E-state index is 14.3. The van der Waals surface area contributed by atoms with Gasteiger partial charge in [-0.1, -0.05) is 59.1 Å². The number of pyridine rings is 1. The summed E-state index contributed by atoms with van der Waals surface area (Å²) in [5.41, 5.74) is 5.87. The zero-order valence-corrected chi connectivity index (χ0v) is 36.4. The number of rotatable bonds is 12. The molecular weight excluding hydrogens is 764 g/mol. The van der Waals surface area contributed by atoms with Crippen LogP contribution >= 0.6 is 11.3 Å². The maximum Gasteiger partial charge on any atom is 0.265 e. The van der Waals surface area contributed by atoms with E-state index in [4.69, 9.17) is 4.74 Å². The van der Waals surface area contributed by atoms with Crippen LogP contribution in [-0.4, -0.2) is 52.5 Å². The van der Waals surface area contributed by atoms with Crippen LogP contribution in [0.2, 0.25) is 0 Å². The summed E-state index contributed by atoms with van der Waals surface area (Å²) >= 11 is 1.27. The molecule has 0 radical (unpaired) electrons. The third kappa shape index (κ3) is 11.3. The molecule has 1 fully saturated rings. The van der Waals surface area contributed by atoms with E-state index >= 15 is 0 Å². The van der Waals surface area contributed by atoms with Crippen LogP contribution in [0.3, 0.4) is 0 Å². The van der Waals surface area contributed by atoms with Gasteiger partial charge in [0.1, 0.15) is 11.4 Å². The largest absolute Gasteiger partial charge is 0.506 e. The van der Waals surface area contributed by atoms with E-state index < -0.39 is 11.7 Å². The Morgan fingerprint density at radius 1 is 1.02 bits per heavy atom. The number of ether oxygens (including phenoxy) is 1.